The smallest absolute Gasteiger partial charge is 0.327 e. The number of benzene rings is 1. The van der Waals surface area contributed by atoms with E-state index < -0.39 is 122 Å². The van der Waals surface area contributed by atoms with Gasteiger partial charge in [-0.05, 0) is 130 Å². The molecule has 7 rings (SSSR count). The van der Waals surface area contributed by atoms with Crippen molar-refractivity contribution in [1.82, 2.24) is 15.3 Å². The molecule has 1 aromatic rings. The van der Waals surface area contributed by atoms with Crippen LogP contribution in [0.2, 0.25) is 0 Å². The molecule has 0 radical (unpaired) electrons. The average molecular weight is 1950 g/mol. The number of hydrogen-bond donors (Lipinski definition) is 6. The number of methoxy groups -OCH3 is 1. The summed E-state index contributed by atoms with van der Waals surface area (Å²) in [5.41, 5.74) is 0.472. The lowest BCUT2D eigenvalue weighted by atomic mass is 9.79. The van der Waals surface area contributed by atoms with Crippen LogP contribution in [-0.4, -0.2) is 256 Å². The van der Waals surface area contributed by atoms with Gasteiger partial charge in [-0.15, -0.1) is 0 Å². The largest absolute Gasteiger partial charge is 0.776 e. The van der Waals surface area contributed by atoms with Crippen molar-refractivity contribution in [3.63, 3.8) is 0 Å². The zero-order chi connectivity index (χ0) is 102. The van der Waals surface area contributed by atoms with Crippen molar-refractivity contribution in [2.24, 2.45) is 29.6 Å². The number of carbonyl (C=O) groups is 6. The van der Waals surface area contributed by atoms with Gasteiger partial charge in [-0.25, -0.2) is 16.1 Å². The molecule has 131 heavy (non-hydrogen) atoms. The Morgan fingerprint density at radius 2 is 1.12 bits per heavy atom. The number of aliphatic hydroxyl groups is 3. The fraction of sp³-hybridized carbons (Fsp3) is 0.840. The van der Waals surface area contributed by atoms with Crippen molar-refractivity contribution in [3.05, 3.63) is 53.6 Å². The van der Waals surface area contributed by atoms with E-state index in [0.29, 0.717) is 44.2 Å². The molecule has 1 aromatic carbocycles. The molecule has 11 unspecified atom stereocenters. The molecule has 22 atom stereocenters. The van der Waals surface area contributed by atoms with E-state index in [9.17, 15) is 52.5 Å². The van der Waals surface area contributed by atoms with Gasteiger partial charge in [-0.2, -0.15) is 0 Å². The second-order valence-electron chi connectivity index (χ2n) is 35.3. The van der Waals surface area contributed by atoms with Gasteiger partial charge in [0.15, 0.2) is 7.60 Å². The minimum atomic E-state index is -4.51. The van der Waals surface area contributed by atoms with Crippen LogP contribution in [0.1, 0.15) is 294 Å². The minimum absolute atomic E-state index is 0.00232. The van der Waals surface area contributed by atoms with E-state index in [4.69, 9.17) is 77.4 Å². The van der Waals surface area contributed by atoms with Crippen molar-refractivity contribution in [1.29, 1.82) is 2.86 Å². The second kappa shape index (κ2) is 72.2. The Kier molecular flexibility index (Phi) is 65.7. The maximum absolute atomic E-state index is 12.9. The maximum atomic E-state index is 12.9. The normalized spacial score (nSPS) is 26.4. The van der Waals surface area contributed by atoms with E-state index in [1.54, 1.807) is 37.3 Å². The molecule has 6 aliphatic heterocycles. The summed E-state index contributed by atoms with van der Waals surface area (Å²) in [5.74, 6) is -0.955. The highest BCUT2D eigenvalue weighted by Gasteiger charge is 2.67. The second-order valence-corrected chi connectivity index (χ2v) is 42.4. The van der Waals surface area contributed by atoms with Crippen LogP contribution in [0.25, 0.3) is 4.85 Å². The SMILES string of the molecule is CC(C)C.CC(C)C.CCCCCCCCCC(=O)NCCCCCCO[C@H]1C(O)[C@H](COP(C)(=O)OC)O[C@@H]1C.COP(C)(=O)O[C@@H]1C(/C=C/P(=O)([O-])O)O[C@@H](C)[C@@H]1C.[2H]CC1O[C@@H](C)[C@H](OCCCCCCNC(=O)CCCCCCCCC)[C@@H]1OP(OCC[N+]#[C-])N(C(C)C)C(C)C.[2H][C@H]1C(OC(=O)CCC(=O)OC)C2O[C@H]1C1C(=O)N(c3ccccc3)C(=O)C21.[3H]OC.[3H]OC. The van der Waals surface area contributed by atoms with Crippen LogP contribution in [0.3, 0.4) is 0 Å². The predicted octanol–water partition coefficient (Wildman–Crippen LogP) is 17.2. The lowest BCUT2D eigenvalue weighted by Gasteiger charge is -2.37. The van der Waals surface area contributed by atoms with Gasteiger partial charge in [0.05, 0.1) is 74.6 Å². The molecule has 0 saturated carbocycles. The summed E-state index contributed by atoms with van der Waals surface area (Å²) in [7, 11) is -5.86. The van der Waals surface area contributed by atoms with Crippen LogP contribution < -0.4 is 20.4 Å². The average Bonchev–Trinajstić information content (AvgIpc) is 1.54. The molecule has 0 aliphatic carbocycles. The number of rotatable bonds is 54. The summed E-state index contributed by atoms with van der Waals surface area (Å²) in [4.78, 5) is 96.9. The van der Waals surface area contributed by atoms with E-state index in [2.05, 4.69) is 118 Å². The van der Waals surface area contributed by atoms with Crippen LogP contribution in [0.15, 0.2) is 42.2 Å². The van der Waals surface area contributed by atoms with Crippen LogP contribution in [0, 0.1) is 36.2 Å². The topological polar surface area (TPSA) is 422 Å². The van der Waals surface area contributed by atoms with Gasteiger partial charge in [-0.3, -0.25) is 37.9 Å². The molecule has 6 saturated heterocycles. The summed E-state index contributed by atoms with van der Waals surface area (Å²) in [6, 6.07) is 8.99. The van der Waals surface area contributed by atoms with Gasteiger partial charge < -0.3 is 110 Å². The molecule has 4 amide bonds. The van der Waals surface area contributed by atoms with Crippen molar-refractivity contribution in [3.8, 4) is 0 Å². The first-order valence-corrected chi connectivity index (χ1v) is 54.1. The first-order valence-electron chi connectivity index (χ1n) is 49.4. The van der Waals surface area contributed by atoms with Gasteiger partial charge >= 0.3 is 27.1 Å². The number of aliphatic hydroxyl groups excluding tert-OH is 3. The standard InChI is InChI=1S/C31H60N3O5P.C24H48NO7P.C19H19NO7.C10H20O7P2.2C4H10.2CH4O/c1-9-10-11-12-13-14-17-20-29(35)33-21-18-15-16-19-23-36-30-27(6)38-28(7)31(30)39-40(37-24-22-32-8)34(25(2)3)26(4)5;1-5-6-7-8-9-10-13-16-22(26)25-17-14-11-12-15-18-30-24-20(2)32-21(23(24)27)19-31-33(4,28)29-3;1-25-13(21)7-8-14(22)26-12-9-11-15-16(17(12)27-11)19(24)20(18(15)23)10-5-3-2-4-6-10;1-7-8(2)16-9(5-6-19(12,13)14)10(7)17-18(4,11)15-3;2*1-4(2)3;2*1-2/h25-28,30-31H,9-24H2,1-7H3,(H,33,35);20-21,23-24,27H,5-19H2,1-4H3,(H,25,26);2-6,11-12,15-17H,7-9H2,1H3;5-10H,1-4H3,(H2,12,13,14);2*4H,1-3H3;2*2H,1H3/p-1/b;;;6-5+;;;;/t27-,28?,30-,31+,40?;20-,21+,23?,24-,33?;11-,12?,15?,16?,17?;7-,8-,9?,10-,18?;;;;/m0110..../s1/i7D;;9D;;;;2*2T/tm;;9-,11-,12?,15?,16?,17?;;;;;. The number of nitrogens with one attached hydrogen (secondary N) is 2. The van der Waals surface area contributed by atoms with Gasteiger partial charge in [0.25, 0.3) is 8.53 Å². The molecule has 33 nitrogen and oxygen atoms in total. The summed E-state index contributed by atoms with van der Waals surface area (Å²) >= 11 is 0. The molecule has 6 aliphatic rings. The number of para-hydroxylation sites is 1. The Labute approximate surface area is 794 Å². The first kappa shape index (κ1) is 119. The summed E-state index contributed by atoms with van der Waals surface area (Å²) < 4.78 is 142. The Hall–Kier alpha value is -4.13. The fourth-order valence-corrected chi connectivity index (χ4v) is 18.2. The highest BCUT2D eigenvalue weighted by molar-refractivity contribution is 7.54. The lowest BCUT2D eigenvalue weighted by molar-refractivity contribution is -0.189. The highest BCUT2D eigenvalue weighted by Crippen LogP contribution is 2.53. The molecule has 2 bridgehead atoms. The number of ether oxygens (including phenoxy) is 8. The van der Waals surface area contributed by atoms with E-state index in [0.717, 1.165) is 107 Å². The number of nitrogens with zero attached hydrogens (tertiary/aromatic N) is 3. The molecular formula is C94H174N5O28P4-. The van der Waals surface area contributed by atoms with Crippen molar-refractivity contribution >= 4 is 72.6 Å². The van der Waals surface area contributed by atoms with Crippen LogP contribution >= 0.6 is 31.3 Å². The number of hydrogen-bond acceptors (Lipinski definition) is 28. The number of amides is 4. The number of anilines is 1. The van der Waals surface area contributed by atoms with Gasteiger partial charge in [0, 0.05) is 108 Å². The quantitative estimate of drug-likeness (QED) is 0.0116. The zero-order valence-corrected chi connectivity index (χ0v) is 87.0. The summed E-state index contributed by atoms with van der Waals surface area (Å²) in [6.07, 6.45) is 18.7. The molecule has 6 heterocycles. The Bertz CT molecular complexity index is 3530. The molecule has 6 fully saturated rings. The highest BCUT2D eigenvalue weighted by atomic mass is 31.2. The van der Waals surface area contributed by atoms with Crippen molar-refractivity contribution < 1.29 is 135 Å². The molecule has 0 spiro atoms. The van der Waals surface area contributed by atoms with Crippen LogP contribution in [0.4, 0.5) is 5.69 Å². The number of imide groups is 1. The number of esters is 2. The lowest BCUT2D eigenvalue weighted by Crippen LogP contribution is -2.41. The summed E-state index contributed by atoms with van der Waals surface area (Å²) in [5, 5.41) is 23.5. The number of fused-ring (bicyclic) bond motifs is 5. The minimum Gasteiger partial charge on any atom is -0.776 e. The molecular weight excluding hydrogens is 1770 g/mol. The molecule has 37 heteroatoms. The monoisotopic (exact) mass is 1950 g/mol. The van der Waals surface area contributed by atoms with Crippen molar-refractivity contribution in [2.45, 2.75) is 389 Å². The zero-order valence-electron chi connectivity index (χ0n) is 87.4. The third-order valence-corrected chi connectivity index (χ3v) is 26.7. The molecule has 6 N–H and O–H groups in total. The Morgan fingerprint density at radius 3 is 1.60 bits per heavy atom. The fourth-order valence-electron chi connectivity index (χ4n) is 14.7. The Morgan fingerprint density at radius 1 is 0.649 bits per heavy atom. The van der Waals surface area contributed by atoms with E-state index in [-0.39, 0.29) is 99.1 Å². The third kappa shape index (κ3) is 53.0. The molecule has 0 aromatic heterocycles. The van der Waals surface area contributed by atoms with E-state index in [1.807, 2.05) is 20.8 Å². The summed E-state index contributed by atoms with van der Waals surface area (Å²) in [6.45, 7) is 46.5. The molecule has 764 valence electrons. The van der Waals surface area contributed by atoms with Crippen molar-refractivity contribution in [2.75, 3.05) is 99.8 Å². The van der Waals surface area contributed by atoms with Gasteiger partial charge in [-0.1, -0.05) is 183 Å². The van der Waals surface area contributed by atoms with E-state index >= 15 is 0 Å². The van der Waals surface area contributed by atoms with Crippen LogP contribution in [-0.2, 0) is 107 Å². The van der Waals surface area contributed by atoms with Gasteiger partial charge in [0.1, 0.15) is 61.5 Å². The van der Waals surface area contributed by atoms with E-state index in [1.165, 1.54) is 119 Å². The first-order chi connectivity index (χ1) is 63.8. The van der Waals surface area contributed by atoms with Crippen LogP contribution in [0.5, 0.6) is 0 Å². The number of carbonyl (C=O) groups excluding carboxylic acids is 6. The van der Waals surface area contributed by atoms with Gasteiger partial charge in [0.2, 0.25) is 33.0 Å². The third-order valence-electron chi connectivity index (χ3n) is 21.4. The number of unbranched alkanes of at least 4 members (excludes halogenated alkanes) is 18. The Balaban J connectivity index is 0.00000173. The maximum Gasteiger partial charge on any atom is 0.327 e. The predicted molar refractivity (Wildman–Crippen MR) is 511 cm³/mol.